The summed E-state index contributed by atoms with van der Waals surface area (Å²) in [5, 5.41) is 5.35. The van der Waals surface area contributed by atoms with Crippen molar-refractivity contribution in [1.82, 2.24) is 10.3 Å². The fourth-order valence-corrected chi connectivity index (χ4v) is 2.83. The molecule has 0 bridgehead atoms. The molecule has 0 saturated carbocycles. The van der Waals surface area contributed by atoms with Gasteiger partial charge in [-0.25, -0.2) is 0 Å². The van der Waals surface area contributed by atoms with Crippen molar-refractivity contribution in [2.24, 2.45) is 0 Å². The zero-order valence-electron chi connectivity index (χ0n) is 11.0. The lowest BCUT2D eigenvalue weighted by Gasteiger charge is -2.18. The summed E-state index contributed by atoms with van der Waals surface area (Å²) in [6.45, 7) is 0. The van der Waals surface area contributed by atoms with Crippen molar-refractivity contribution < 1.29 is 0 Å². The Morgan fingerprint density at radius 2 is 1.75 bits per heavy atom. The SMILES string of the molecule is CNC(Cc1ccncc1Cl)Cc1c(Cl)cccc1Cl. The van der Waals surface area contributed by atoms with Crippen molar-refractivity contribution in [1.29, 1.82) is 0 Å². The quantitative estimate of drug-likeness (QED) is 0.878. The van der Waals surface area contributed by atoms with E-state index in [0.29, 0.717) is 15.1 Å². The van der Waals surface area contributed by atoms with E-state index < -0.39 is 0 Å². The minimum absolute atomic E-state index is 0.201. The van der Waals surface area contributed by atoms with E-state index in [0.717, 1.165) is 24.0 Å². The van der Waals surface area contributed by atoms with Gasteiger partial charge in [-0.2, -0.15) is 0 Å². The van der Waals surface area contributed by atoms with Gasteiger partial charge in [0.1, 0.15) is 0 Å². The Morgan fingerprint density at radius 3 is 2.35 bits per heavy atom. The molecule has 0 aliphatic heterocycles. The van der Waals surface area contributed by atoms with Crippen molar-refractivity contribution in [3.05, 3.63) is 62.9 Å². The molecular weight excluding hydrogens is 315 g/mol. The Bertz CT molecular complexity index is 567. The van der Waals surface area contributed by atoms with Crippen molar-refractivity contribution >= 4 is 34.8 Å². The van der Waals surface area contributed by atoms with Crippen molar-refractivity contribution in [2.45, 2.75) is 18.9 Å². The van der Waals surface area contributed by atoms with Gasteiger partial charge >= 0.3 is 0 Å². The smallest absolute Gasteiger partial charge is 0.0621 e. The number of halogens is 3. The molecule has 1 unspecified atom stereocenters. The van der Waals surface area contributed by atoms with Gasteiger partial charge < -0.3 is 5.32 Å². The van der Waals surface area contributed by atoms with Gasteiger partial charge in [0.25, 0.3) is 0 Å². The molecule has 0 spiro atoms. The van der Waals surface area contributed by atoms with E-state index in [1.165, 1.54) is 0 Å². The molecule has 0 aliphatic carbocycles. The number of nitrogens with one attached hydrogen (secondary N) is 1. The van der Waals surface area contributed by atoms with Gasteiger partial charge in [-0.05, 0) is 49.2 Å². The molecule has 1 N–H and O–H groups in total. The van der Waals surface area contributed by atoms with Crippen LogP contribution < -0.4 is 5.32 Å². The topological polar surface area (TPSA) is 24.9 Å². The monoisotopic (exact) mass is 328 g/mol. The molecule has 20 heavy (non-hydrogen) atoms. The lowest BCUT2D eigenvalue weighted by molar-refractivity contribution is 0.556. The first-order valence-electron chi connectivity index (χ1n) is 6.30. The first kappa shape index (κ1) is 15.6. The standard InChI is InChI=1S/C15H15Cl3N2/c1-19-11(7-10-5-6-20-9-15(10)18)8-12-13(16)3-2-4-14(12)17/h2-6,9,11,19H,7-8H2,1H3. The summed E-state index contributed by atoms with van der Waals surface area (Å²) in [5.41, 5.74) is 2.02. The van der Waals surface area contributed by atoms with E-state index in [4.69, 9.17) is 34.8 Å². The molecule has 1 aromatic carbocycles. The normalized spacial score (nSPS) is 12.4. The van der Waals surface area contributed by atoms with Gasteiger partial charge in [-0.1, -0.05) is 40.9 Å². The van der Waals surface area contributed by atoms with Gasteiger partial charge in [-0.3, -0.25) is 4.98 Å². The van der Waals surface area contributed by atoms with Crippen LogP contribution in [0.2, 0.25) is 15.1 Å². The number of pyridine rings is 1. The molecule has 0 radical (unpaired) electrons. The summed E-state index contributed by atoms with van der Waals surface area (Å²) in [6, 6.07) is 7.69. The molecule has 1 atom stereocenters. The molecule has 0 saturated heterocycles. The third-order valence-electron chi connectivity index (χ3n) is 3.24. The highest BCUT2D eigenvalue weighted by molar-refractivity contribution is 6.36. The van der Waals surface area contributed by atoms with Crippen LogP contribution in [0.4, 0.5) is 0 Å². The van der Waals surface area contributed by atoms with Crippen molar-refractivity contribution in [3.63, 3.8) is 0 Å². The molecule has 2 rings (SSSR count). The largest absolute Gasteiger partial charge is 0.316 e. The fourth-order valence-electron chi connectivity index (χ4n) is 2.09. The number of benzene rings is 1. The predicted octanol–water partition coefficient (Wildman–Crippen LogP) is 4.42. The lowest BCUT2D eigenvalue weighted by atomic mass is 9.99. The van der Waals surface area contributed by atoms with Crippen LogP contribution in [0.15, 0.2) is 36.7 Å². The Balaban J connectivity index is 2.16. The Labute approximate surface area is 134 Å². The van der Waals surface area contributed by atoms with E-state index >= 15 is 0 Å². The number of nitrogens with zero attached hydrogens (tertiary/aromatic N) is 1. The molecule has 2 aromatic rings. The molecule has 106 valence electrons. The highest BCUT2D eigenvalue weighted by Gasteiger charge is 2.14. The molecule has 0 amide bonds. The molecular formula is C15H15Cl3N2. The molecule has 2 nitrogen and oxygen atoms in total. The van der Waals surface area contributed by atoms with Gasteiger partial charge in [0.05, 0.1) is 5.02 Å². The summed E-state index contributed by atoms with van der Waals surface area (Å²) < 4.78 is 0. The van der Waals surface area contributed by atoms with Crippen LogP contribution in [0.5, 0.6) is 0 Å². The van der Waals surface area contributed by atoms with E-state index in [1.807, 2.05) is 31.3 Å². The zero-order valence-corrected chi connectivity index (χ0v) is 13.3. The molecule has 5 heteroatoms. The van der Waals surface area contributed by atoms with Gasteiger partial charge in [0.2, 0.25) is 0 Å². The second-order valence-electron chi connectivity index (χ2n) is 4.56. The van der Waals surface area contributed by atoms with Gasteiger partial charge in [0, 0.05) is 28.5 Å². The van der Waals surface area contributed by atoms with Crippen LogP contribution in [0, 0.1) is 0 Å². The minimum Gasteiger partial charge on any atom is -0.316 e. The van der Waals surface area contributed by atoms with Crippen LogP contribution in [-0.2, 0) is 12.8 Å². The fraction of sp³-hybridized carbons (Fsp3) is 0.267. The third kappa shape index (κ3) is 3.86. The number of hydrogen-bond acceptors (Lipinski definition) is 2. The van der Waals surface area contributed by atoms with E-state index in [1.54, 1.807) is 12.4 Å². The van der Waals surface area contributed by atoms with Gasteiger partial charge in [0.15, 0.2) is 0 Å². The average Bonchev–Trinajstić information content (AvgIpc) is 2.44. The average molecular weight is 330 g/mol. The molecule has 0 fully saturated rings. The lowest BCUT2D eigenvalue weighted by Crippen LogP contribution is -2.30. The summed E-state index contributed by atoms with van der Waals surface area (Å²) in [4.78, 5) is 4.00. The first-order valence-corrected chi connectivity index (χ1v) is 7.43. The maximum Gasteiger partial charge on any atom is 0.0621 e. The summed E-state index contributed by atoms with van der Waals surface area (Å²) in [5.74, 6) is 0. The predicted molar refractivity (Wildman–Crippen MR) is 86.0 cm³/mol. The first-order chi connectivity index (χ1) is 9.61. The highest BCUT2D eigenvalue weighted by atomic mass is 35.5. The second-order valence-corrected chi connectivity index (χ2v) is 5.78. The van der Waals surface area contributed by atoms with Gasteiger partial charge in [-0.15, -0.1) is 0 Å². The van der Waals surface area contributed by atoms with Crippen LogP contribution in [-0.4, -0.2) is 18.1 Å². The number of likely N-dealkylation sites (N-methyl/N-ethyl adjacent to an activating group) is 1. The van der Waals surface area contributed by atoms with Crippen LogP contribution in [0.3, 0.4) is 0 Å². The van der Waals surface area contributed by atoms with Crippen molar-refractivity contribution in [3.8, 4) is 0 Å². The van der Waals surface area contributed by atoms with Crippen LogP contribution >= 0.6 is 34.8 Å². The maximum atomic E-state index is 6.22. The summed E-state index contributed by atoms with van der Waals surface area (Å²) >= 11 is 18.6. The number of rotatable bonds is 5. The van der Waals surface area contributed by atoms with E-state index in [-0.39, 0.29) is 6.04 Å². The molecule has 0 aliphatic rings. The van der Waals surface area contributed by atoms with E-state index in [2.05, 4.69) is 10.3 Å². The zero-order chi connectivity index (χ0) is 14.5. The highest BCUT2D eigenvalue weighted by Crippen LogP contribution is 2.26. The van der Waals surface area contributed by atoms with Crippen LogP contribution in [0.1, 0.15) is 11.1 Å². The third-order valence-corrected chi connectivity index (χ3v) is 4.29. The maximum absolute atomic E-state index is 6.22. The minimum atomic E-state index is 0.201. The Hall–Kier alpha value is -0.800. The van der Waals surface area contributed by atoms with Crippen LogP contribution in [0.25, 0.3) is 0 Å². The Kier molecular flexibility index (Phi) is 5.67. The molecule has 1 heterocycles. The second kappa shape index (κ2) is 7.28. The number of aromatic nitrogens is 1. The molecule has 1 aromatic heterocycles. The van der Waals surface area contributed by atoms with E-state index in [9.17, 15) is 0 Å². The number of hydrogen-bond donors (Lipinski definition) is 1. The summed E-state index contributed by atoms with van der Waals surface area (Å²) in [6.07, 6.45) is 4.94. The Morgan fingerprint density at radius 1 is 1.05 bits per heavy atom. The van der Waals surface area contributed by atoms with Crippen molar-refractivity contribution in [2.75, 3.05) is 7.05 Å². The summed E-state index contributed by atoms with van der Waals surface area (Å²) in [7, 11) is 1.92.